The normalized spacial score (nSPS) is 11.9. The molecule has 0 aliphatic carbocycles. The minimum atomic E-state index is -4.52. The van der Waals surface area contributed by atoms with Crippen LogP contribution in [0, 0.1) is 0 Å². The van der Waals surface area contributed by atoms with E-state index in [1.807, 2.05) is 0 Å². The van der Waals surface area contributed by atoms with E-state index < -0.39 is 11.7 Å². The number of halogens is 5. The van der Waals surface area contributed by atoms with E-state index in [9.17, 15) is 18.0 Å². The second kappa shape index (κ2) is 5.54. The maximum absolute atomic E-state index is 12.8. The van der Waals surface area contributed by atoms with Crippen molar-refractivity contribution in [1.82, 2.24) is 9.38 Å². The summed E-state index contributed by atoms with van der Waals surface area (Å²) in [5.74, 6) is 0. The number of hydrogen-bond acceptors (Lipinski definition) is 2. The van der Waals surface area contributed by atoms with E-state index in [0.29, 0.717) is 16.9 Å². The van der Waals surface area contributed by atoms with E-state index in [4.69, 9.17) is 23.2 Å². The molecule has 0 N–H and O–H groups in total. The molecule has 0 fully saturated rings. The first-order chi connectivity index (χ1) is 10.8. The van der Waals surface area contributed by atoms with E-state index in [1.165, 1.54) is 12.1 Å². The Morgan fingerprint density at radius 3 is 2.48 bits per heavy atom. The van der Waals surface area contributed by atoms with Gasteiger partial charge in [0.15, 0.2) is 6.29 Å². The smallest absolute Gasteiger partial charge is 0.296 e. The second-order valence-electron chi connectivity index (χ2n) is 4.73. The van der Waals surface area contributed by atoms with Gasteiger partial charge >= 0.3 is 6.18 Å². The average molecular weight is 359 g/mol. The average Bonchev–Trinajstić information content (AvgIpc) is 2.83. The number of hydrogen-bond donors (Lipinski definition) is 0. The Hall–Kier alpha value is -2.05. The summed E-state index contributed by atoms with van der Waals surface area (Å²) in [6.45, 7) is 0. The van der Waals surface area contributed by atoms with Gasteiger partial charge in [-0.05, 0) is 30.3 Å². The molecule has 0 amide bonds. The summed E-state index contributed by atoms with van der Waals surface area (Å²) in [5, 5.41) is 0.648. The number of alkyl halides is 3. The molecule has 2 heterocycles. The summed E-state index contributed by atoms with van der Waals surface area (Å²) in [6, 6.07) is 6.69. The molecule has 118 valence electrons. The van der Waals surface area contributed by atoms with Crippen molar-refractivity contribution in [2.24, 2.45) is 0 Å². The molecular weight excluding hydrogens is 352 g/mol. The van der Waals surface area contributed by atoms with E-state index in [1.54, 1.807) is 12.1 Å². The van der Waals surface area contributed by atoms with Crippen molar-refractivity contribution >= 4 is 35.1 Å². The van der Waals surface area contributed by atoms with Gasteiger partial charge < -0.3 is 0 Å². The molecule has 0 bridgehead atoms. The minimum absolute atomic E-state index is 0.0182. The predicted molar refractivity (Wildman–Crippen MR) is 81.0 cm³/mol. The molecule has 3 rings (SSSR count). The first-order valence-electron chi connectivity index (χ1n) is 6.31. The summed E-state index contributed by atoms with van der Waals surface area (Å²) in [6.07, 6.45) is -3.24. The van der Waals surface area contributed by atoms with Crippen LogP contribution in [0.1, 0.15) is 16.1 Å². The van der Waals surface area contributed by atoms with Crippen LogP contribution in [0.4, 0.5) is 13.2 Å². The summed E-state index contributed by atoms with van der Waals surface area (Å²) in [5.41, 5.74) is -0.0768. The monoisotopic (exact) mass is 358 g/mol. The van der Waals surface area contributed by atoms with E-state index in [2.05, 4.69) is 4.98 Å². The number of imidazole rings is 1. The number of aldehydes is 1. The lowest BCUT2D eigenvalue weighted by atomic mass is 10.1. The lowest BCUT2D eigenvalue weighted by Gasteiger charge is -2.07. The van der Waals surface area contributed by atoms with Crippen molar-refractivity contribution in [3.8, 4) is 11.3 Å². The molecule has 0 aliphatic rings. The summed E-state index contributed by atoms with van der Waals surface area (Å²) in [4.78, 5) is 15.6. The third-order valence-corrected chi connectivity index (χ3v) is 3.83. The summed E-state index contributed by atoms with van der Waals surface area (Å²) < 4.78 is 39.6. The minimum Gasteiger partial charge on any atom is -0.296 e. The molecule has 3 aromatic rings. The highest BCUT2D eigenvalue weighted by atomic mass is 35.5. The standard InChI is InChI=1S/C15H7Cl2F3N2O/c16-9-2-3-10(11(17)5-9)14-12(7-23)22-6-8(15(18,19)20)1-4-13(22)21-14/h1-7H. The number of pyridine rings is 1. The molecule has 23 heavy (non-hydrogen) atoms. The van der Waals surface area contributed by atoms with E-state index >= 15 is 0 Å². The van der Waals surface area contributed by atoms with Gasteiger partial charge in [0.25, 0.3) is 0 Å². The van der Waals surface area contributed by atoms with Crippen LogP contribution in [0.3, 0.4) is 0 Å². The Kier molecular flexibility index (Phi) is 3.82. The first kappa shape index (κ1) is 15.8. The highest BCUT2D eigenvalue weighted by Crippen LogP contribution is 2.34. The van der Waals surface area contributed by atoms with Crippen LogP contribution in [0.5, 0.6) is 0 Å². The number of carbonyl (C=O) groups is 1. The number of aromatic nitrogens is 2. The number of carbonyl (C=O) groups excluding carboxylic acids is 1. The number of rotatable bonds is 2. The van der Waals surface area contributed by atoms with E-state index in [0.717, 1.165) is 16.7 Å². The van der Waals surface area contributed by atoms with Crippen LogP contribution < -0.4 is 0 Å². The maximum atomic E-state index is 12.8. The van der Waals surface area contributed by atoms with Gasteiger partial charge in [-0.2, -0.15) is 13.2 Å². The molecule has 0 atom stereocenters. The van der Waals surface area contributed by atoms with Gasteiger partial charge in [0.05, 0.1) is 10.6 Å². The zero-order chi connectivity index (χ0) is 16.8. The van der Waals surface area contributed by atoms with Crippen LogP contribution >= 0.6 is 23.2 Å². The van der Waals surface area contributed by atoms with E-state index in [-0.39, 0.29) is 22.1 Å². The van der Waals surface area contributed by atoms with Crippen molar-refractivity contribution in [2.75, 3.05) is 0 Å². The van der Waals surface area contributed by atoms with Crippen molar-refractivity contribution in [2.45, 2.75) is 6.18 Å². The zero-order valence-electron chi connectivity index (χ0n) is 11.2. The third kappa shape index (κ3) is 2.80. The highest BCUT2D eigenvalue weighted by Gasteiger charge is 2.31. The first-order valence-corrected chi connectivity index (χ1v) is 7.07. The van der Waals surface area contributed by atoms with Crippen molar-refractivity contribution in [3.63, 3.8) is 0 Å². The molecule has 0 saturated carbocycles. The van der Waals surface area contributed by atoms with Crippen LogP contribution in [0.2, 0.25) is 10.0 Å². The van der Waals surface area contributed by atoms with Crippen LogP contribution in [-0.4, -0.2) is 15.7 Å². The van der Waals surface area contributed by atoms with Crippen molar-refractivity contribution < 1.29 is 18.0 Å². The Morgan fingerprint density at radius 2 is 1.87 bits per heavy atom. The molecule has 0 saturated heterocycles. The summed E-state index contributed by atoms with van der Waals surface area (Å²) in [7, 11) is 0. The van der Waals surface area contributed by atoms with Gasteiger partial charge in [-0.3, -0.25) is 9.20 Å². The second-order valence-corrected chi connectivity index (χ2v) is 5.58. The van der Waals surface area contributed by atoms with Gasteiger partial charge in [0.1, 0.15) is 17.0 Å². The van der Waals surface area contributed by atoms with Gasteiger partial charge in [-0.15, -0.1) is 0 Å². The molecule has 3 nitrogen and oxygen atoms in total. The number of benzene rings is 1. The lowest BCUT2D eigenvalue weighted by molar-refractivity contribution is -0.137. The zero-order valence-corrected chi connectivity index (χ0v) is 12.7. The lowest BCUT2D eigenvalue weighted by Crippen LogP contribution is -2.06. The van der Waals surface area contributed by atoms with Crippen molar-refractivity contribution in [3.05, 3.63) is 57.8 Å². The largest absolute Gasteiger partial charge is 0.417 e. The Labute approximate surface area is 138 Å². The molecule has 0 unspecified atom stereocenters. The van der Waals surface area contributed by atoms with Crippen LogP contribution in [0.25, 0.3) is 16.9 Å². The SMILES string of the molecule is O=Cc1c(-c2ccc(Cl)cc2Cl)nc2ccc(C(F)(F)F)cn12. The highest BCUT2D eigenvalue weighted by molar-refractivity contribution is 6.36. The molecule has 2 aromatic heterocycles. The van der Waals surface area contributed by atoms with Crippen molar-refractivity contribution in [1.29, 1.82) is 0 Å². The quantitative estimate of drug-likeness (QED) is 0.594. The molecule has 1 aromatic carbocycles. The number of fused-ring (bicyclic) bond motifs is 1. The molecular formula is C15H7Cl2F3N2O. The van der Waals surface area contributed by atoms with Crippen LogP contribution in [-0.2, 0) is 6.18 Å². The Bertz CT molecular complexity index is 919. The Morgan fingerprint density at radius 1 is 1.13 bits per heavy atom. The Balaban J connectivity index is 2.28. The fourth-order valence-electron chi connectivity index (χ4n) is 2.22. The maximum Gasteiger partial charge on any atom is 0.417 e. The fourth-order valence-corrected chi connectivity index (χ4v) is 2.72. The molecule has 0 radical (unpaired) electrons. The third-order valence-electron chi connectivity index (χ3n) is 3.28. The topological polar surface area (TPSA) is 34.4 Å². The van der Waals surface area contributed by atoms with Crippen LogP contribution in [0.15, 0.2) is 36.5 Å². The van der Waals surface area contributed by atoms with Gasteiger partial charge in [0.2, 0.25) is 0 Å². The predicted octanol–water partition coefficient (Wildman–Crippen LogP) is 5.14. The van der Waals surface area contributed by atoms with Gasteiger partial charge in [0, 0.05) is 16.8 Å². The molecule has 0 spiro atoms. The van der Waals surface area contributed by atoms with Gasteiger partial charge in [-0.1, -0.05) is 23.2 Å². The molecule has 8 heteroatoms. The number of nitrogens with zero attached hydrogens (tertiary/aromatic N) is 2. The van der Waals surface area contributed by atoms with Gasteiger partial charge in [-0.25, -0.2) is 4.98 Å². The summed E-state index contributed by atoms with van der Waals surface area (Å²) >= 11 is 11.9. The molecule has 0 aliphatic heterocycles. The fraction of sp³-hybridized carbons (Fsp3) is 0.0667.